The molecule has 0 saturated carbocycles. The van der Waals surface area contributed by atoms with Crippen LogP contribution in [0, 0.1) is 0 Å². The Morgan fingerprint density at radius 2 is 1.32 bits per heavy atom. The molecule has 15 heteroatoms. The van der Waals surface area contributed by atoms with Gasteiger partial charge >= 0.3 is 17.9 Å². The average Bonchev–Trinajstić information content (AvgIpc) is 2.81. The van der Waals surface area contributed by atoms with Crippen LogP contribution in [0.5, 0.6) is 5.75 Å². The van der Waals surface area contributed by atoms with E-state index in [1.165, 1.54) is 36.0 Å². The largest absolute Gasteiger partial charge is 0.508 e. The summed E-state index contributed by atoms with van der Waals surface area (Å²) < 4.78 is 0. The van der Waals surface area contributed by atoms with Crippen molar-refractivity contribution in [2.24, 2.45) is 5.73 Å². The third kappa shape index (κ3) is 11.6. The van der Waals surface area contributed by atoms with Crippen molar-refractivity contribution in [3.63, 3.8) is 0 Å². The molecule has 1 aromatic rings. The number of carboxylic acid groups (broad SMARTS) is 3. The maximum absolute atomic E-state index is 12.9. The van der Waals surface area contributed by atoms with E-state index in [-0.39, 0.29) is 18.6 Å². The van der Waals surface area contributed by atoms with Gasteiger partial charge < -0.3 is 42.1 Å². The van der Waals surface area contributed by atoms with Crippen LogP contribution in [0.1, 0.15) is 24.8 Å². The molecule has 0 aliphatic carbocycles. The maximum atomic E-state index is 12.9. The van der Waals surface area contributed by atoms with Gasteiger partial charge in [0.2, 0.25) is 17.7 Å². The Kier molecular flexibility index (Phi) is 12.9. The standard InChI is InChI=1S/C22H30N4O10S/c1-37-7-6-14(24-19(32)13(23)9-17(28)29)20(33)25-15(10-18(30)31)21(34)26-16(22(35)36)8-11-2-4-12(27)5-3-11/h2-5,13-16,27H,6-10,23H2,1H3,(H,24,32)(H,25,33)(H,26,34)(H,28,29)(H,30,31)(H,35,36). The second kappa shape index (κ2) is 15.3. The molecule has 0 aliphatic heterocycles. The second-order valence-electron chi connectivity index (χ2n) is 7.98. The minimum absolute atomic E-state index is 0.0454. The first kappa shape index (κ1) is 31.2. The predicted molar refractivity (Wildman–Crippen MR) is 131 cm³/mol. The third-order valence-corrected chi connectivity index (χ3v) is 5.62. The fraction of sp³-hybridized carbons (Fsp3) is 0.455. The zero-order valence-corrected chi connectivity index (χ0v) is 20.7. The molecule has 204 valence electrons. The Morgan fingerprint density at radius 1 is 0.811 bits per heavy atom. The summed E-state index contributed by atoms with van der Waals surface area (Å²) in [6.07, 6.45) is 0.0183. The Hall–Kier alpha value is -3.85. The highest BCUT2D eigenvalue weighted by molar-refractivity contribution is 7.98. The number of hydrogen-bond acceptors (Lipinski definition) is 9. The van der Waals surface area contributed by atoms with E-state index in [4.69, 9.17) is 10.8 Å². The van der Waals surface area contributed by atoms with E-state index >= 15 is 0 Å². The quantitative estimate of drug-likeness (QED) is 0.119. The normalized spacial score (nSPS) is 13.9. The summed E-state index contributed by atoms with van der Waals surface area (Å²) in [6, 6.07) is -0.333. The number of carboxylic acids is 3. The van der Waals surface area contributed by atoms with Crippen LogP contribution in [-0.4, -0.2) is 92.2 Å². The molecule has 0 radical (unpaired) electrons. The van der Waals surface area contributed by atoms with Gasteiger partial charge in [0.05, 0.1) is 18.9 Å². The van der Waals surface area contributed by atoms with Gasteiger partial charge in [0.25, 0.3) is 0 Å². The van der Waals surface area contributed by atoms with E-state index < -0.39 is 72.6 Å². The van der Waals surface area contributed by atoms with E-state index in [0.717, 1.165) is 0 Å². The molecule has 0 aromatic heterocycles. The van der Waals surface area contributed by atoms with Crippen LogP contribution in [0.15, 0.2) is 24.3 Å². The number of rotatable bonds is 16. The minimum Gasteiger partial charge on any atom is -0.508 e. The summed E-state index contributed by atoms with van der Waals surface area (Å²) >= 11 is 1.33. The number of aliphatic carboxylic acids is 3. The highest BCUT2D eigenvalue weighted by Gasteiger charge is 2.31. The summed E-state index contributed by atoms with van der Waals surface area (Å²) in [4.78, 5) is 71.7. The molecule has 0 fully saturated rings. The van der Waals surface area contributed by atoms with Gasteiger partial charge in [0.1, 0.15) is 23.9 Å². The van der Waals surface area contributed by atoms with Crippen LogP contribution in [0.2, 0.25) is 0 Å². The second-order valence-corrected chi connectivity index (χ2v) is 8.96. The number of thioether (sulfide) groups is 1. The molecule has 0 saturated heterocycles. The minimum atomic E-state index is -1.69. The van der Waals surface area contributed by atoms with Crippen LogP contribution in [0.25, 0.3) is 0 Å². The molecule has 0 bridgehead atoms. The van der Waals surface area contributed by atoms with Crippen molar-refractivity contribution in [2.45, 2.75) is 49.9 Å². The number of nitrogens with two attached hydrogens (primary N) is 1. The lowest BCUT2D eigenvalue weighted by Crippen LogP contribution is -2.57. The number of benzene rings is 1. The van der Waals surface area contributed by atoms with Crippen LogP contribution in [-0.2, 0) is 35.2 Å². The fourth-order valence-electron chi connectivity index (χ4n) is 3.06. The molecule has 3 amide bonds. The first-order chi connectivity index (χ1) is 17.3. The highest BCUT2D eigenvalue weighted by Crippen LogP contribution is 2.12. The third-order valence-electron chi connectivity index (χ3n) is 4.98. The Morgan fingerprint density at radius 3 is 1.84 bits per heavy atom. The number of aromatic hydroxyl groups is 1. The molecular formula is C22H30N4O10S. The molecule has 37 heavy (non-hydrogen) atoms. The van der Waals surface area contributed by atoms with Gasteiger partial charge in [-0.3, -0.25) is 24.0 Å². The number of phenols is 1. The molecular weight excluding hydrogens is 512 g/mol. The van der Waals surface area contributed by atoms with Crippen LogP contribution >= 0.6 is 11.8 Å². The number of hydrogen-bond donors (Lipinski definition) is 8. The Balaban J connectivity index is 3.01. The molecule has 0 spiro atoms. The first-order valence-electron chi connectivity index (χ1n) is 10.9. The predicted octanol–water partition coefficient (Wildman–Crippen LogP) is -1.50. The van der Waals surface area contributed by atoms with Crippen molar-refractivity contribution in [3.8, 4) is 5.75 Å². The molecule has 4 atom stereocenters. The smallest absolute Gasteiger partial charge is 0.326 e. The van der Waals surface area contributed by atoms with Gasteiger partial charge in [0, 0.05) is 6.42 Å². The molecule has 0 aliphatic rings. The van der Waals surface area contributed by atoms with E-state index in [9.17, 15) is 44.1 Å². The molecule has 1 rings (SSSR count). The van der Waals surface area contributed by atoms with Gasteiger partial charge in [-0.2, -0.15) is 11.8 Å². The lowest BCUT2D eigenvalue weighted by Gasteiger charge is -2.24. The van der Waals surface area contributed by atoms with Gasteiger partial charge in [-0.05, 0) is 36.1 Å². The molecule has 4 unspecified atom stereocenters. The number of carbonyl (C=O) groups excluding carboxylic acids is 3. The van der Waals surface area contributed by atoms with Crippen LogP contribution in [0.3, 0.4) is 0 Å². The van der Waals surface area contributed by atoms with Crippen molar-refractivity contribution in [3.05, 3.63) is 29.8 Å². The Labute approximate surface area is 216 Å². The summed E-state index contributed by atoms with van der Waals surface area (Å²) in [6.45, 7) is 0. The van der Waals surface area contributed by atoms with Crippen molar-refractivity contribution in [1.29, 1.82) is 0 Å². The monoisotopic (exact) mass is 542 g/mol. The summed E-state index contributed by atoms with van der Waals surface area (Å²) in [5.41, 5.74) is 5.98. The summed E-state index contributed by atoms with van der Waals surface area (Å²) in [5.74, 6) is -6.82. The average molecular weight is 543 g/mol. The van der Waals surface area contributed by atoms with E-state index in [2.05, 4.69) is 16.0 Å². The summed E-state index contributed by atoms with van der Waals surface area (Å²) in [7, 11) is 0. The van der Waals surface area contributed by atoms with Crippen molar-refractivity contribution >= 4 is 47.4 Å². The fourth-order valence-corrected chi connectivity index (χ4v) is 3.53. The van der Waals surface area contributed by atoms with E-state index in [1.54, 1.807) is 6.26 Å². The van der Waals surface area contributed by atoms with Gasteiger partial charge in [-0.15, -0.1) is 0 Å². The maximum Gasteiger partial charge on any atom is 0.326 e. The van der Waals surface area contributed by atoms with Gasteiger partial charge in [-0.25, -0.2) is 4.79 Å². The highest BCUT2D eigenvalue weighted by atomic mass is 32.2. The number of phenolic OH excluding ortho intramolecular Hbond substituents is 1. The number of amides is 3. The zero-order chi connectivity index (χ0) is 28.1. The van der Waals surface area contributed by atoms with E-state index in [1.807, 2.05) is 0 Å². The molecule has 9 N–H and O–H groups in total. The van der Waals surface area contributed by atoms with E-state index in [0.29, 0.717) is 11.3 Å². The molecule has 14 nitrogen and oxygen atoms in total. The van der Waals surface area contributed by atoms with Gasteiger partial charge in [0.15, 0.2) is 0 Å². The van der Waals surface area contributed by atoms with Crippen LogP contribution in [0.4, 0.5) is 0 Å². The number of nitrogens with one attached hydrogen (secondary N) is 3. The number of carbonyl (C=O) groups is 6. The zero-order valence-electron chi connectivity index (χ0n) is 19.9. The van der Waals surface area contributed by atoms with Crippen molar-refractivity contribution < 1.29 is 49.2 Å². The van der Waals surface area contributed by atoms with Crippen LogP contribution < -0.4 is 21.7 Å². The van der Waals surface area contributed by atoms with Crippen molar-refractivity contribution in [2.75, 3.05) is 12.0 Å². The lowest BCUT2D eigenvalue weighted by molar-refractivity contribution is -0.143. The summed E-state index contributed by atoms with van der Waals surface area (Å²) in [5, 5.41) is 43.6. The van der Waals surface area contributed by atoms with Gasteiger partial charge in [-0.1, -0.05) is 12.1 Å². The Bertz CT molecular complexity index is 988. The lowest BCUT2D eigenvalue weighted by atomic mass is 10.0. The first-order valence-corrected chi connectivity index (χ1v) is 12.3. The SMILES string of the molecule is CSCCC(NC(=O)C(N)CC(=O)O)C(=O)NC(CC(=O)O)C(=O)NC(Cc1ccc(O)cc1)C(=O)O. The topological polar surface area (TPSA) is 245 Å². The van der Waals surface area contributed by atoms with Crippen molar-refractivity contribution in [1.82, 2.24) is 16.0 Å². The molecule has 0 heterocycles. The molecule has 1 aromatic carbocycles.